The third kappa shape index (κ3) is 71.3. The molecule has 0 saturated heterocycles. The molecular formula is C80H139NO8. The second kappa shape index (κ2) is 69.8. The lowest BCUT2D eigenvalue weighted by Crippen LogP contribution is -2.44. The van der Waals surface area contributed by atoms with E-state index in [1.807, 2.05) is 21.1 Å². The maximum atomic E-state index is 12.9. The number of nitrogens with zero attached hydrogens (tertiary/aromatic N) is 1. The van der Waals surface area contributed by atoms with E-state index in [2.05, 4.69) is 123 Å². The van der Waals surface area contributed by atoms with Gasteiger partial charge >= 0.3 is 11.9 Å². The van der Waals surface area contributed by atoms with Gasteiger partial charge in [0.15, 0.2) is 12.4 Å². The normalized spacial score (nSPS) is 13.3. The van der Waals surface area contributed by atoms with Crippen LogP contribution in [0.25, 0.3) is 0 Å². The zero-order valence-electron chi connectivity index (χ0n) is 58.5. The summed E-state index contributed by atoms with van der Waals surface area (Å²) in [5.74, 6) is -2.28. The lowest BCUT2D eigenvalue weighted by Gasteiger charge is -2.26. The van der Waals surface area contributed by atoms with Gasteiger partial charge in [0, 0.05) is 12.8 Å². The standard InChI is InChI=1S/C80H139NO8/c1-6-8-10-12-14-16-18-20-22-24-26-28-30-31-32-33-34-35-36-37-38-39-40-41-42-43-44-45-46-47-49-51-53-55-57-59-61-63-65-67-69-71-78(83)89-76(75-88-80(79(84)85)86-73-72-81(3,4)5)74-87-77(82)70-68-66-64-62-60-58-56-54-52-50-48-29-27-25-23-21-19-17-15-13-11-9-7-2/h8,10,14,16,19-22,25-28,31-32,34-35,48,50,76,80H,6-7,9,11-13,15,17-18,23-24,29-30,33,36-47,49,51-75H2,1-5H3/b10-8-,16-14-,21-19-,22-20-,27-25-,28-26-,32-31-,35-34-,50-48-. The average molecular weight is 1240 g/mol. The Bertz CT molecular complexity index is 1830. The van der Waals surface area contributed by atoms with Crippen molar-refractivity contribution < 1.29 is 42.9 Å². The van der Waals surface area contributed by atoms with Gasteiger partial charge in [-0.3, -0.25) is 9.59 Å². The van der Waals surface area contributed by atoms with Gasteiger partial charge in [0.25, 0.3) is 0 Å². The second-order valence-electron chi connectivity index (χ2n) is 25.9. The van der Waals surface area contributed by atoms with Gasteiger partial charge in [0.1, 0.15) is 13.2 Å². The molecule has 2 unspecified atom stereocenters. The van der Waals surface area contributed by atoms with Crippen LogP contribution in [0.5, 0.6) is 0 Å². The zero-order valence-corrected chi connectivity index (χ0v) is 58.5. The van der Waals surface area contributed by atoms with E-state index in [9.17, 15) is 19.5 Å². The maximum Gasteiger partial charge on any atom is 0.306 e. The number of hydrogen-bond donors (Lipinski definition) is 0. The first-order valence-electron chi connectivity index (χ1n) is 37.0. The second-order valence-corrected chi connectivity index (χ2v) is 25.9. The first-order chi connectivity index (χ1) is 43.6. The summed E-state index contributed by atoms with van der Waals surface area (Å²) in [4.78, 5) is 37.5. The molecule has 9 nitrogen and oxygen atoms in total. The number of carboxylic acid groups (broad SMARTS) is 1. The zero-order chi connectivity index (χ0) is 64.7. The summed E-state index contributed by atoms with van der Waals surface area (Å²) in [6.45, 7) is 4.64. The van der Waals surface area contributed by atoms with Crippen LogP contribution in [0, 0.1) is 0 Å². The molecule has 0 rings (SSSR count). The number of likely N-dealkylation sites (N-methyl/N-ethyl adjacent to an activating group) is 1. The molecule has 0 aliphatic carbocycles. The number of unbranched alkanes of at least 4 members (excludes halogenated alkanes) is 35. The Hall–Kier alpha value is -4.05. The number of carboxylic acids is 1. The van der Waals surface area contributed by atoms with Crippen molar-refractivity contribution in [2.75, 3.05) is 47.5 Å². The van der Waals surface area contributed by atoms with Crippen LogP contribution < -0.4 is 5.11 Å². The van der Waals surface area contributed by atoms with Crippen LogP contribution in [0.1, 0.15) is 322 Å². The molecule has 0 amide bonds. The number of carbonyl (C=O) groups excluding carboxylic acids is 3. The Morgan fingerprint density at radius 1 is 0.348 bits per heavy atom. The summed E-state index contributed by atoms with van der Waals surface area (Å²) in [6.07, 6.45) is 94.7. The number of allylic oxidation sites excluding steroid dienone is 18. The summed E-state index contributed by atoms with van der Waals surface area (Å²) < 4.78 is 22.8. The van der Waals surface area contributed by atoms with Crippen molar-refractivity contribution in [3.63, 3.8) is 0 Å². The molecule has 0 radical (unpaired) electrons. The molecule has 0 saturated carbocycles. The van der Waals surface area contributed by atoms with Crippen LogP contribution in [0.3, 0.4) is 0 Å². The molecule has 512 valence electrons. The Labute approximate surface area is 549 Å². The molecular weight excluding hydrogens is 1100 g/mol. The highest BCUT2D eigenvalue weighted by molar-refractivity contribution is 5.70. The van der Waals surface area contributed by atoms with Crippen LogP contribution in [0.2, 0.25) is 0 Å². The van der Waals surface area contributed by atoms with Crippen molar-refractivity contribution in [2.24, 2.45) is 0 Å². The number of quaternary nitrogens is 1. The minimum Gasteiger partial charge on any atom is -0.545 e. The number of ether oxygens (including phenoxy) is 4. The van der Waals surface area contributed by atoms with Crippen LogP contribution in [0.4, 0.5) is 0 Å². The molecule has 0 N–H and O–H groups in total. The molecule has 0 bridgehead atoms. The van der Waals surface area contributed by atoms with E-state index in [-0.39, 0.29) is 38.6 Å². The largest absolute Gasteiger partial charge is 0.545 e. The van der Waals surface area contributed by atoms with Gasteiger partial charge in [-0.1, -0.05) is 316 Å². The van der Waals surface area contributed by atoms with Gasteiger partial charge < -0.3 is 33.3 Å². The summed E-state index contributed by atoms with van der Waals surface area (Å²) >= 11 is 0. The van der Waals surface area contributed by atoms with Crippen LogP contribution in [0.15, 0.2) is 109 Å². The molecule has 9 heteroatoms. The Morgan fingerprint density at radius 3 is 0.955 bits per heavy atom. The van der Waals surface area contributed by atoms with Gasteiger partial charge in [-0.15, -0.1) is 0 Å². The molecule has 0 heterocycles. The highest BCUT2D eigenvalue weighted by Crippen LogP contribution is 2.18. The fourth-order valence-electron chi connectivity index (χ4n) is 10.4. The van der Waals surface area contributed by atoms with Gasteiger partial charge in [0.2, 0.25) is 0 Å². The maximum absolute atomic E-state index is 12.9. The topological polar surface area (TPSA) is 111 Å². The predicted molar refractivity (Wildman–Crippen MR) is 380 cm³/mol. The third-order valence-corrected chi connectivity index (χ3v) is 16.0. The van der Waals surface area contributed by atoms with E-state index < -0.39 is 24.3 Å². The summed E-state index contributed by atoms with van der Waals surface area (Å²) in [7, 11) is 5.93. The molecule has 2 atom stereocenters. The van der Waals surface area contributed by atoms with E-state index in [1.165, 1.54) is 193 Å². The van der Waals surface area contributed by atoms with Crippen LogP contribution >= 0.6 is 0 Å². The van der Waals surface area contributed by atoms with Gasteiger partial charge in [-0.25, -0.2) is 0 Å². The average Bonchev–Trinajstić information content (AvgIpc) is 3.64. The van der Waals surface area contributed by atoms with Crippen LogP contribution in [-0.2, 0) is 33.3 Å². The van der Waals surface area contributed by atoms with E-state index in [0.29, 0.717) is 17.4 Å². The first-order valence-corrected chi connectivity index (χ1v) is 37.0. The monoisotopic (exact) mass is 1240 g/mol. The third-order valence-electron chi connectivity index (χ3n) is 16.0. The quantitative estimate of drug-likeness (QED) is 0.0195. The van der Waals surface area contributed by atoms with Gasteiger partial charge in [-0.05, 0) is 103 Å². The fourth-order valence-corrected chi connectivity index (χ4v) is 10.4. The summed E-state index contributed by atoms with van der Waals surface area (Å²) in [6, 6.07) is 0. The molecule has 0 spiro atoms. The molecule has 0 aromatic rings. The SMILES string of the molecule is CC/C=C\C/C=C\C/C=C\C/C=C\C/C=C\C/C=C\CCCCCCCCCCCCCCCCCCCCCCCCC(=O)OC(COC(=O)CCCCCCCCCC/C=C\C/C=C\C/C=C\CCCCCCC)COC(OCC[N+](C)(C)C)C(=O)[O-]. The Morgan fingerprint density at radius 2 is 0.640 bits per heavy atom. The number of carbonyl (C=O) groups is 3. The van der Waals surface area contributed by atoms with Crippen molar-refractivity contribution in [3.05, 3.63) is 109 Å². The first kappa shape index (κ1) is 85.0. The highest BCUT2D eigenvalue weighted by atomic mass is 16.7. The number of hydrogen-bond acceptors (Lipinski definition) is 8. The highest BCUT2D eigenvalue weighted by Gasteiger charge is 2.22. The van der Waals surface area contributed by atoms with Gasteiger partial charge in [-0.2, -0.15) is 0 Å². The number of aliphatic carboxylic acids is 1. The minimum atomic E-state index is -1.63. The fraction of sp³-hybridized carbons (Fsp3) is 0.738. The van der Waals surface area contributed by atoms with E-state index >= 15 is 0 Å². The van der Waals surface area contributed by atoms with Crippen molar-refractivity contribution >= 4 is 17.9 Å². The van der Waals surface area contributed by atoms with E-state index in [1.54, 1.807) is 0 Å². The summed E-state index contributed by atoms with van der Waals surface area (Å²) in [5, 5.41) is 11.8. The smallest absolute Gasteiger partial charge is 0.306 e. The molecule has 89 heavy (non-hydrogen) atoms. The lowest BCUT2D eigenvalue weighted by atomic mass is 10.0. The molecule has 0 fully saturated rings. The van der Waals surface area contributed by atoms with Gasteiger partial charge in [0.05, 0.1) is 40.3 Å². The molecule has 0 aromatic carbocycles. The lowest BCUT2D eigenvalue weighted by molar-refractivity contribution is -0.870. The van der Waals surface area contributed by atoms with Crippen molar-refractivity contribution in [2.45, 2.75) is 334 Å². The predicted octanol–water partition coefficient (Wildman–Crippen LogP) is 22.0. The number of esters is 2. The van der Waals surface area contributed by atoms with E-state index in [4.69, 9.17) is 18.9 Å². The Kier molecular flexibility index (Phi) is 66.7. The molecule has 0 aliphatic rings. The number of rotatable bonds is 68. The molecule has 0 aliphatic heterocycles. The molecule has 0 aromatic heterocycles. The summed E-state index contributed by atoms with van der Waals surface area (Å²) in [5.41, 5.74) is 0. The Balaban J connectivity index is 4.02. The minimum absolute atomic E-state index is 0.144. The van der Waals surface area contributed by atoms with E-state index in [0.717, 1.165) is 96.3 Å². The van der Waals surface area contributed by atoms with Crippen LogP contribution in [-0.4, -0.2) is 82.3 Å². The van der Waals surface area contributed by atoms with Crippen molar-refractivity contribution in [3.8, 4) is 0 Å². The van der Waals surface area contributed by atoms with Crippen molar-refractivity contribution in [1.82, 2.24) is 0 Å². The van der Waals surface area contributed by atoms with Crippen molar-refractivity contribution in [1.29, 1.82) is 0 Å².